The van der Waals surface area contributed by atoms with Gasteiger partial charge in [-0.2, -0.15) is 0 Å². The summed E-state index contributed by atoms with van der Waals surface area (Å²) in [5, 5.41) is 0. The summed E-state index contributed by atoms with van der Waals surface area (Å²) in [6.07, 6.45) is -0.126. The van der Waals surface area contributed by atoms with Gasteiger partial charge < -0.3 is 0 Å². The molecule has 3 rings (SSSR count). The van der Waals surface area contributed by atoms with E-state index in [-0.39, 0.29) is 18.0 Å². The van der Waals surface area contributed by atoms with Gasteiger partial charge in [0.2, 0.25) is 0 Å². The van der Waals surface area contributed by atoms with Crippen molar-refractivity contribution in [1.82, 2.24) is 0 Å². The van der Waals surface area contributed by atoms with Crippen molar-refractivity contribution in [3.05, 3.63) is 107 Å². The average Bonchev–Trinajstić information content (AvgIpc) is 2.68. The molecule has 0 aliphatic carbocycles. The van der Waals surface area contributed by atoms with Crippen LogP contribution in [0.3, 0.4) is 0 Å². The van der Waals surface area contributed by atoms with Crippen LogP contribution < -0.4 is 0 Å². The van der Waals surface area contributed by atoms with Gasteiger partial charge in [0.15, 0.2) is 11.6 Å². The smallest absolute Gasteiger partial charge is 0.170 e. The van der Waals surface area contributed by atoms with Gasteiger partial charge in [-0.3, -0.25) is 9.59 Å². The zero-order valence-electron chi connectivity index (χ0n) is 13.6. The van der Waals surface area contributed by atoms with Crippen molar-refractivity contribution < 1.29 is 9.59 Å². The molecule has 3 aromatic carbocycles. The van der Waals surface area contributed by atoms with Crippen molar-refractivity contribution in [2.45, 2.75) is 6.42 Å². The van der Waals surface area contributed by atoms with Gasteiger partial charge in [-0.25, -0.2) is 0 Å². The van der Waals surface area contributed by atoms with E-state index in [0.717, 1.165) is 11.1 Å². The summed E-state index contributed by atoms with van der Waals surface area (Å²) in [6.45, 7) is 0. The molecular weight excluding hydrogens is 308 g/mol. The summed E-state index contributed by atoms with van der Waals surface area (Å²) < 4.78 is 0. The molecular formula is C23H16O2. The highest BCUT2D eigenvalue weighted by molar-refractivity contribution is 6.13. The van der Waals surface area contributed by atoms with Gasteiger partial charge in [0.1, 0.15) is 0 Å². The Kier molecular flexibility index (Phi) is 5.19. The van der Waals surface area contributed by atoms with Crippen molar-refractivity contribution in [3.63, 3.8) is 0 Å². The van der Waals surface area contributed by atoms with Crippen molar-refractivity contribution in [1.29, 1.82) is 0 Å². The number of hydrogen-bond donors (Lipinski definition) is 0. The molecule has 0 N–H and O–H groups in total. The van der Waals surface area contributed by atoms with E-state index in [0.29, 0.717) is 11.1 Å². The first kappa shape index (κ1) is 16.4. The van der Waals surface area contributed by atoms with Crippen LogP contribution in [0.2, 0.25) is 0 Å². The van der Waals surface area contributed by atoms with E-state index in [1.807, 2.05) is 36.4 Å². The Bertz CT molecular complexity index is 928. The Morgan fingerprint density at radius 3 is 1.56 bits per heavy atom. The van der Waals surface area contributed by atoms with E-state index in [1.165, 1.54) is 0 Å². The maximum absolute atomic E-state index is 12.3. The molecule has 0 atom stereocenters. The second kappa shape index (κ2) is 7.90. The van der Waals surface area contributed by atoms with E-state index in [9.17, 15) is 9.59 Å². The predicted molar refractivity (Wildman–Crippen MR) is 98.6 cm³/mol. The van der Waals surface area contributed by atoms with Crippen LogP contribution in [0.5, 0.6) is 0 Å². The highest BCUT2D eigenvalue weighted by Gasteiger charge is 2.13. The minimum atomic E-state index is -0.184. The molecule has 0 amide bonds. The van der Waals surface area contributed by atoms with Crippen LogP contribution in [0.15, 0.2) is 84.9 Å². The Labute approximate surface area is 147 Å². The summed E-state index contributed by atoms with van der Waals surface area (Å²) in [5.41, 5.74) is 2.85. The number of benzene rings is 3. The molecule has 0 fully saturated rings. The van der Waals surface area contributed by atoms with Crippen molar-refractivity contribution in [2.75, 3.05) is 0 Å². The number of carbonyl (C=O) groups excluding carboxylic acids is 2. The highest BCUT2D eigenvalue weighted by Crippen LogP contribution is 2.10. The van der Waals surface area contributed by atoms with Crippen molar-refractivity contribution in [3.8, 4) is 11.8 Å². The molecule has 0 aromatic heterocycles. The quantitative estimate of drug-likeness (QED) is 0.401. The fourth-order valence-electron chi connectivity index (χ4n) is 2.38. The first-order valence-corrected chi connectivity index (χ1v) is 8.01. The van der Waals surface area contributed by atoms with Crippen LogP contribution in [0, 0.1) is 11.8 Å². The van der Waals surface area contributed by atoms with Crippen LogP contribution in [-0.4, -0.2) is 11.6 Å². The third-order valence-electron chi connectivity index (χ3n) is 3.75. The van der Waals surface area contributed by atoms with Crippen molar-refractivity contribution in [2.24, 2.45) is 0 Å². The van der Waals surface area contributed by atoms with Crippen LogP contribution in [0.25, 0.3) is 0 Å². The summed E-state index contributed by atoms with van der Waals surface area (Å²) in [6, 6.07) is 25.6. The first-order chi connectivity index (χ1) is 12.2. The predicted octanol–water partition coefficient (Wildman–Crippen LogP) is 4.54. The largest absolute Gasteiger partial charge is 0.294 e. The molecule has 3 aromatic rings. The van der Waals surface area contributed by atoms with Crippen LogP contribution in [0.4, 0.5) is 0 Å². The van der Waals surface area contributed by atoms with Gasteiger partial charge in [-0.05, 0) is 24.3 Å². The number of hydrogen-bond acceptors (Lipinski definition) is 2. The van der Waals surface area contributed by atoms with Gasteiger partial charge in [-0.1, -0.05) is 72.5 Å². The minimum absolute atomic E-state index is 0.126. The molecule has 0 heterocycles. The van der Waals surface area contributed by atoms with Gasteiger partial charge in [0.05, 0.1) is 6.42 Å². The topological polar surface area (TPSA) is 34.1 Å². The van der Waals surface area contributed by atoms with Gasteiger partial charge >= 0.3 is 0 Å². The maximum atomic E-state index is 12.3. The number of ketones is 2. The minimum Gasteiger partial charge on any atom is -0.294 e. The summed E-state index contributed by atoms with van der Waals surface area (Å²) >= 11 is 0. The SMILES string of the molecule is O=C(CC(=O)c1ccc(C#Cc2ccccc2)cc1)c1ccccc1. The summed E-state index contributed by atoms with van der Waals surface area (Å²) in [7, 11) is 0. The lowest BCUT2D eigenvalue weighted by Crippen LogP contribution is -2.08. The maximum Gasteiger partial charge on any atom is 0.170 e. The lowest BCUT2D eigenvalue weighted by atomic mass is 10.0. The molecule has 0 radical (unpaired) electrons. The zero-order valence-corrected chi connectivity index (χ0v) is 13.6. The van der Waals surface area contributed by atoms with E-state index in [2.05, 4.69) is 11.8 Å². The summed E-state index contributed by atoms with van der Waals surface area (Å²) in [4.78, 5) is 24.4. The molecule has 120 valence electrons. The van der Waals surface area contributed by atoms with E-state index < -0.39 is 0 Å². The molecule has 0 bridgehead atoms. The van der Waals surface area contributed by atoms with Gasteiger partial charge in [0.25, 0.3) is 0 Å². The molecule has 25 heavy (non-hydrogen) atoms. The van der Waals surface area contributed by atoms with E-state index >= 15 is 0 Å². The Morgan fingerprint density at radius 2 is 1.00 bits per heavy atom. The fourth-order valence-corrected chi connectivity index (χ4v) is 2.38. The Hall–Kier alpha value is -3.44. The van der Waals surface area contributed by atoms with Crippen LogP contribution in [0.1, 0.15) is 38.3 Å². The average molecular weight is 324 g/mol. The molecule has 0 spiro atoms. The molecule has 0 unspecified atom stereocenters. The molecule has 0 aliphatic heterocycles. The Morgan fingerprint density at radius 1 is 0.560 bits per heavy atom. The van der Waals surface area contributed by atoms with Gasteiger partial charge in [-0.15, -0.1) is 0 Å². The normalized spacial score (nSPS) is 9.76. The van der Waals surface area contributed by atoms with Crippen LogP contribution in [-0.2, 0) is 0 Å². The number of rotatable bonds is 4. The van der Waals surface area contributed by atoms with Crippen LogP contribution >= 0.6 is 0 Å². The molecule has 0 saturated heterocycles. The van der Waals surface area contributed by atoms with E-state index in [4.69, 9.17) is 0 Å². The third-order valence-corrected chi connectivity index (χ3v) is 3.75. The van der Waals surface area contributed by atoms with Gasteiger partial charge in [0, 0.05) is 22.3 Å². The molecule has 2 heteroatoms. The molecule has 0 saturated carbocycles. The standard InChI is InChI=1S/C23H16O2/c24-22(20-9-5-2-6-10-20)17-23(25)21-15-13-19(14-16-21)12-11-18-7-3-1-4-8-18/h1-10,13-16H,17H2. The molecule has 2 nitrogen and oxygen atoms in total. The zero-order chi connectivity index (χ0) is 17.5. The molecule has 0 aliphatic rings. The number of Topliss-reactive ketones (excluding diaryl/α,β-unsaturated/α-hetero) is 2. The Balaban J connectivity index is 1.67. The lowest BCUT2D eigenvalue weighted by Gasteiger charge is -2.01. The van der Waals surface area contributed by atoms with Crippen molar-refractivity contribution >= 4 is 11.6 Å². The first-order valence-electron chi connectivity index (χ1n) is 8.01. The second-order valence-electron chi connectivity index (χ2n) is 5.58. The monoisotopic (exact) mass is 324 g/mol. The van der Waals surface area contributed by atoms with E-state index in [1.54, 1.807) is 48.5 Å². The number of carbonyl (C=O) groups is 2. The lowest BCUT2D eigenvalue weighted by molar-refractivity contribution is 0.0894. The fraction of sp³-hybridized carbons (Fsp3) is 0.0435. The second-order valence-corrected chi connectivity index (χ2v) is 5.58. The summed E-state index contributed by atoms with van der Waals surface area (Å²) in [5.74, 6) is 5.79. The highest BCUT2D eigenvalue weighted by atomic mass is 16.1. The third kappa shape index (κ3) is 4.53.